The summed E-state index contributed by atoms with van der Waals surface area (Å²) in [7, 11) is 0. The number of aromatic nitrogens is 1. The number of aryl methyl sites for hydroxylation is 1. The topological polar surface area (TPSA) is 42.0 Å². The fourth-order valence-corrected chi connectivity index (χ4v) is 2.88. The van der Waals surface area contributed by atoms with E-state index < -0.39 is 0 Å². The SMILES string of the molecule is CCc1cc(Br)ccc1C(=O)Nc1cccc2cccnc12. The molecule has 2 aromatic carbocycles. The van der Waals surface area contributed by atoms with Crippen LogP contribution in [0.5, 0.6) is 0 Å². The van der Waals surface area contributed by atoms with Gasteiger partial charge in [-0.1, -0.05) is 41.1 Å². The smallest absolute Gasteiger partial charge is 0.255 e. The van der Waals surface area contributed by atoms with Crippen molar-refractivity contribution in [3.63, 3.8) is 0 Å². The van der Waals surface area contributed by atoms with Crippen LogP contribution in [0.25, 0.3) is 10.9 Å². The number of nitrogens with one attached hydrogen (secondary N) is 1. The van der Waals surface area contributed by atoms with Crippen LogP contribution >= 0.6 is 15.9 Å². The van der Waals surface area contributed by atoms with Crippen molar-refractivity contribution in [3.8, 4) is 0 Å². The highest BCUT2D eigenvalue weighted by atomic mass is 79.9. The third kappa shape index (κ3) is 2.88. The maximum atomic E-state index is 12.6. The molecule has 110 valence electrons. The average molecular weight is 355 g/mol. The van der Waals surface area contributed by atoms with Crippen molar-refractivity contribution >= 4 is 38.4 Å². The summed E-state index contributed by atoms with van der Waals surface area (Å²) in [5.74, 6) is -0.109. The predicted molar refractivity (Wildman–Crippen MR) is 93.2 cm³/mol. The van der Waals surface area contributed by atoms with Crippen molar-refractivity contribution < 1.29 is 4.79 Å². The number of rotatable bonds is 3. The van der Waals surface area contributed by atoms with Crippen LogP contribution in [-0.2, 0) is 6.42 Å². The Balaban J connectivity index is 1.97. The number of benzene rings is 2. The summed E-state index contributed by atoms with van der Waals surface area (Å²) < 4.78 is 0.979. The molecule has 0 atom stereocenters. The van der Waals surface area contributed by atoms with Gasteiger partial charge in [0, 0.05) is 21.6 Å². The second-order valence-electron chi connectivity index (χ2n) is 4.99. The average Bonchev–Trinajstić information content (AvgIpc) is 2.55. The zero-order valence-corrected chi connectivity index (χ0v) is 13.7. The zero-order valence-electron chi connectivity index (χ0n) is 12.1. The van der Waals surface area contributed by atoms with Gasteiger partial charge in [0.1, 0.15) is 0 Å². The summed E-state index contributed by atoms with van der Waals surface area (Å²) >= 11 is 3.44. The number of carbonyl (C=O) groups is 1. The number of fused-ring (bicyclic) bond motifs is 1. The second-order valence-corrected chi connectivity index (χ2v) is 5.91. The summed E-state index contributed by atoms with van der Waals surface area (Å²) in [6.45, 7) is 2.04. The number of halogens is 1. The van der Waals surface area contributed by atoms with E-state index in [-0.39, 0.29) is 5.91 Å². The lowest BCUT2D eigenvalue weighted by Gasteiger charge is -2.11. The Labute approximate surface area is 137 Å². The van der Waals surface area contributed by atoms with E-state index in [0.717, 1.165) is 33.0 Å². The van der Waals surface area contributed by atoms with Crippen molar-refractivity contribution in [2.24, 2.45) is 0 Å². The van der Waals surface area contributed by atoms with Crippen LogP contribution in [0.1, 0.15) is 22.8 Å². The van der Waals surface area contributed by atoms with Gasteiger partial charge in [-0.15, -0.1) is 0 Å². The molecule has 1 N–H and O–H groups in total. The fourth-order valence-electron chi connectivity index (χ4n) is 2.47. The normalized spacial score (nSPS) is 10.6. The van der Waals surface area contributed by atoms with Gasteiger partial charge < -0.3 is 5.32 Å². The lowest BCUT2D eigenvalue weighted by atomic mass is 10.0. The van der Waals surface area contributed by atoms with Crippen molar-refractivity contribution in [2.75, 3.05) is 5.32 Å². The van der Waals surface area contributed by atoms with Crippen LogP contribution in [-0.4, -0.2) is 10.9 Å². The van der Waals surface area contributed by atoms with E-state index in [4.69, 9.17) is 0 Å². The van der Waals surface area contributed by atoms with Gasteiger partial charge in [-0.25, -0.2) is 0 Å². The third-order valence-corrected chi connectivity index (χ3v) is 4.07. The molecule has 0 saturated heterocycles. The molecule has 0 unspecified atom stereocenters. The van der Waals surface area contributed by atoms with Crippen LogP contribution in [0.15, 0.2) is 59.2 Å². The molecule has 4 heteroatoms. The first-order valence-electron chi connectivity index (χ1n) is 7.12. The van der Waals surface area contributed by atoms with Gasteiger partial charge in [-0.05, 0) is 42.3 Å². The van der Waals surface area contributed by atoms with Gasteiger partial charge in [0.05, 0.1) is 11.2 Å². The molecule has 1 aromatic heterocycles. The van der Waals surface area contributed by atoms with E-state index in [0.29, 0.717) is 5.56 Å². The van der Waals surface area contributed by atoms with Crippen LogP contribution in [0.2, 0.25) is 0 Å². The van der Waals surface area contributed by atoms with Crippen molar-refractivity contribution in [1.82, 2.24) is 4.98 Å². The highest BCUT2D eigenvalue weighted by molar-refractivity contribution is 9.10. The van der Waals surface area contributed by atoms with Crippen LogP contribution in [0, 0.1) is 0 Å². The van der Waals surface area contributed by atoms with Crippen molar-refractivity contribution in [1.29, 1.82) is 0 Å². The molecule has 3 nitrogen and oxygen atoms in total. The van der Waals surface area contributed by atoms with E-state index in [1.165, 1.54) is 0 Å². The Morgan fingerprint density at radius 1 is 1.18 bits per heavy atom. The first-order chi connectivity index (χ1) is 10.7. The van der Waals surface area contributed by atoms with E-state index in [2.05, 4.69) is 26.2 Å². The highest BCUT2D eigenvalue weighted by Crippen LogP contribution is 2.23. The number of hydrogen-bond acceptors (Lipinski definition) is 2. The van der Waals surface area contributed by atoms with E-state index in [1.807, 2.05) is 55.5 Å². The van der Waals surface area contributed by atoms with Gasteiger partial charge in [-0.2, -0.15) is 0 Å². The third-order valence-electron chi connectivity index (χ3n) is 3.57. The molecule has 1 amide bonds. The Bertz CT molecular complexity index is 840. The Hall–Kier alpha value is -2.20. The fraction of sp³-hybridized carbons (Fsp3) is 0.111. The molecular formula is C18H15BrN2O. The van der Waals surface area contributed by atoms with Crippen molar-refractivity contribution in [2.45, 2.75) is 13.3 Å². The second kappa shape index (κ2) is 6.28. The van der Waals surface area contributed by atoms with Gasteiger partial charge >= 0.3 is 0 Å². The number of anilines is 1. The molecule has 3 aromatic rings. The molecule has 0 aliphatic carbocycles. The van der Waals surface area contributed by atoms with E-state index in [9.17, 15) is 4.79 Å². The van der Waals surface area contributed by atoms with Crippen LogP contribution in [0.3, 0.4) is 0 Å². The molecule has 3 rings (SSSR count). The quantitative estimate of drug-likeness (QED) is 0.732. The van der Waals surface area contributed by atoms with Crippen LogP contribution in [0.4, 0.5) is 5.69 Å². The molecule has 0 saturated carbocycles. The minimum atomic E-state index is -0.109. The molecule has 0 aliphatic rings. The highest BCUT2D eigenvalue weighted by Gasteiger charge is 2.12. The molecule has 0 radical (unpaired) electrons. The number of nitrogens with zero attached hydrogens (tertiary/aromatic N) is 1. The lowest BCUT2D eigenvalue weighted by Crippen LogP contribution is -2.14. The van der Waals surface area contributed by atoms with E-state index >= 15 is 0 Å². The summed E-state index contributed by atoms with van der Waals surface area (Å²) in [5.41, 5.74) is 3.24. The number of amides is 1. The molecule has 0 aliphatic heterocycles. The Kier molecular flexibility index (Phi) is 4.20. The lowest BCUT2D eigenvalue weighted by molar-refractivity contribution is 0.102. The predicted octanol–water partition coefficient (Wildman–Crippen LogP) is 4.81. The minimum Gasteiger partial charge on any atom is -0.320 e. The minimum absolute atomic E-state index is 0.109. The monoisotopic (exact) mass is 354 g/mol. The van der Waals surface area contributed by atoms with Crippen LogP contribution < -0.4 is 5.32 Å². The summed E-state index contributed by atoms with van der Waals surface area (Å²) in [4.78, 5) is 17.0. The number of para-hydroxylation sites is 1. The van der Waals surface area contributed by atoms with Gasteiger partial charge in [-0.3, -0.25) is 9.78 Å². The van der Waals surface area contributed by atoms with Crippen molar-refractivity contribution in [3.05, 3.63) is 70.3 Å². The zero-order chi connectivity index (χ0) is 15.5. The van der Waals surface area contributed by atoms with Gasteiger partial charge in [0.25, 0.3) is 5.91 Å². The maximum absolute atomic E-state index is 12.6. The molecule has 0 fully saturated rings. The molecule has 0 spiro atoms. The molecule has 1 heterocycles. The number of pyridine rings is 1. The summed E-state index contributed by atoms with van der Waals surface area (Å²) in [6, 6.07) is 15.4. The number of hydrogen-bond donors (Lipinski definition) is 1. The van der Waals surface area contributed by atoms with Gasteiger partial charge in [0.15, 0.2) is 0 Å². The van der Waals surface area contributed by atoms with Gasteiger partial charge in [0.2, 0.25) is 0 Å². The molecular weight excluding hydrogens is 340 g/mol. The maximum Gasteiger partial charge on any atom is 0.255 e. The first kappa shape index (κ1) is 14.7. The Morgan fingerprint density at radius 3 is 2.82 bits per heavy atom. The largest absolute Gasteiger partial charge is 0.320 e. The Morgan fingerprint density at radius 2 is 2.00 bits per heavy atom. The number of carbonyl (C=O) groups excluding carboxylic acids is 1. The van der Waals surface area contributed by atoms with E-state index in [1.54, 1.807) is 6.20 Å². The molecule has 0 bridgehead atoms. The molecule has 22 heavy (non-hydrogen) atoms. The summed E-state index contributed by atoms with van der Waals surface area (Å²) in [6.07, 6.45) is 2.53. The standard InChI is InChI=1S/C18H15BrN2O/c1-2-12-11-14(19)8-9-15(12)18(22)21-16-7-3-5-13-6-4-10-20-17(13)16/h3-11H,2H2,1H3,(H,21,22). The first-order valence-corrected chi connectivity index (χ1v) is 7.92. The summed E-state index contributed by atoms with van der Waals surface area (Å²) in [5, 5.41) is 3.98.